The summed E-state index contributed by atoms with van der Waals surface area (Å²) >= 11 is 6.20. The van der Waals surface area contributed by atoms with Gasteiger partial charge in [0.05, 0.1) is 27.9 Å². The zero-order valence-corrected chi connectivity index (χ0v) is 12.9. The van der Waals surface area contributed by atoms with Crippen LogP contribution in [0.15, 0.2) is 47.3 Å². The van der Waals surface area contributed by atoms with Crippen LogP contribution in [0.5, 0.6) is 0 Å². The Hall–Kier alpha value is -3.08. The largest absolute Gasteiger partial charge is 0.276 e. The molecule has 0 aliphatic carbocycles. The fourth-order valence-electron chi connectivity index (χ4n) is 2.53. The van der Waals surface area contributed by atoms with Crippen LogP contribution in [-0.2, 0) is 0 Å². The fraction of sp³-hybridized carbons (Fsp3) is 0.0556. The zero-order valence-electron chi connectivity index (χ0n) is 12.2. The molecule has 0 N–H and O–H groups in total. The van der Waals surface area contributed by atoms with Crippen LogP contribution in [-0.4, -0.2) is 4.57 Å². The molecule has 5 heteroatoms. The molecule has 3 aromatic rings. The van der Waals surface area contributed by atoms with Crippen LogP contribution in [0.25, 0.3) is 16.6 Å². The van der Waals surface area contributed by atoms with Gasteiger partial charge in [-0.1, -0.05) is 35.9 Å². The summed E-state index contributed by atoms with van der Waals surface area (Å²) in [4.78, 5) is 12.7. The Morgan fingerprint density at radius 3 is 2.52 bits per heavy atom. The Balaban J connectivity index is 2.50. The van der Waals surface area contributed by atoms with Crippen molar-refractivity contribution >= 4 is 22.5 Å². The quantitative estimate of drug-likeness (QED) is 0.686. The normalized spacial score (nSPS) is 10.3. The summed E-state index contributed by atoms with van der Waals surface area (Å²) in [6, 6.07) is 16.2. The van der Waals surface area contributed by atoms with E-state index in [0.717, 1.165) is 5.56 Å². The van der Waals surface area contributed by atoms with Gasteiger partial charge in [0.1, 0.15) is 11.6 Å². The number of halogens is 1. The third kappa shape index (κ3) is 2.26. The monoisotopic (exact) mass is 319 g/mol. The molecule has 1 heterocycles. The van der Waals surface area contributed by atoms with Crippen molar-refractivity contribution in [3.8, 4) is 17.8 Å². The minimum absolute atomic E-state index is 0.107. The Morgan fingerprint density at radius 1 is 1.09 bits per heavy atom. The first kappa shape index (κ1) is 14.8. The zero-order chi connectivity index (χ0) is 16.6. The summed E-state index contributed by atoms with van der Waals surface area (Å²) < 4.78 is 1.42. The lowest BCUT2D eigenvalue weighted by molar-refractivity contribution is 1.03. The average Bonchev–Trinajstić information content (AvgIpc) is 2.57. The van der Waals surface area contributed by atoms with Gasteiger partial charge in [0.15, 0.2) is 0 Å². The first-order valence-electron chi connectivity index (χ1n) is 6.83. The highest BCUT2D eigenvalue weighted by Crippen LogP contribution is 2.26. The summed E-state index contributed by atoms with van der Waals surface area (Å²) in [6.45, 7) is 1.83. The summed E-state index contributed by atoms with van der Waals surface area (Å²) in [5.74, 6) is 0. The highest BCUT2D eigenvalue weighted by atomic mass is 35.5. The van der Waals surface area contributed by atoms with Gasteiger partial charge in [0, 0.05) is 5.39 Å². The van der Waals surface area contributed by atoms with E-state index in [1.165, 1.54) is 4.57 Å². The number of hydrogen-bond acceptors (Lipinski definition) is 3. The second-order valence-corrected chi connectivity index (χ2v) is 5.45. The number of nitriles is 2. The molecule has 3 rings (SSSR count). The molecule has 23 heavy (non-hydrogen) atoms. The van der Waals surface area contributed by atoms with Crippen molar-refractivity contribution in [3.05, 3.63) is 74.5 Å². The van der Waals surface area contributed by atoms with Crippen LogP contribution >= 0.6 is 11.6 Å². The van der Waals surface area contributed by atoms with Gasteiger partial charge in [-0.05, 0) is 30.7 Å². The molecule has 4 nitrogen and oxygen atoms in total. The molecule has 0 saturated heterocycles. The summed E-state index contributed by atoms with van der Waals surface area (Å²) in [5, 5.41) is 19.2. The molecule has 0 spiro atoms. The molecule has 110 valence electrons. The predicted molar refractivity (Wildman–Crippen MR) is 88.7 cm³/mol. The first-order chi connectivity index (χ1) is 11.1. The molecule has 0 amide bonds. The van der Waals surface area contributed by atoms with E-state index in [1.807, 2.05) is 13.0 Å². The van der Waals surface area contributed by atoms with Crippen molar-refractivity contribution in [2.45, 2.75) is 6.92 Å². The number of fused-ring (bicyclic) bond motifs is 1. The van der Waals surface area contributed by atoms with E-state index in [0.29, 0.717) is 22.2 Å². The van der Waals surface area contributed by atoms with E-state index in [4.69, 9.17) is 11.6 Å². The first-order valence-corrected chi connectivity index (χ1v) is 7.20. The smallest absolute Gasteiger partial charge is 0.275 e. The number of nitrogens with zero attached hydrogens (tertiary/aromatic N) is 3. The van der Waals surface area contributed by atoms with Crippen LogP contribution in [0.4, 0.5) is 0 Å². The molecule has 0 fully saturated rings. The van der Waals surface area contributed by atoms with E-state index in [-0.39, 0.29) is 10.6 Å². The molecule has 2 aromatic carbocycles. The lowest BCUT2D eigenvalue weighted by atomic mass is 10.1. The third-order valence-corrected chi connectivity index (χ3v) is 4.12. The minimum Gasteiger partial charge on any atom is -0.276 e. The van der Waals surface area contributed by atoms with E-state index >= 15 is 0 Å². The number of hydrogen-bond donors (Lipinski definition) is 0. The van der Waals surface area contributed by atoms with Crippen molar-refractivity contribution in [2.24, 2.45) is 0 Å². The lowest BCUT2D eigenvalue weighted by Gasteiger charge is -2.13. The second kappa shape index (κ2) is 5.61. The van der Waals surface area contributed by atoms with E-state index < -0.39 is 5.56 Å². The molecule has 1 aromatic heterocycles. The van der Waals surface area contributed by atoms with Crippen molar-refractivity contribution < 1.29 is 0 Å². The molecule has 0 aliphatic rings. The predicted octanol–water partition coefficient (Wildman–Crippen LogP) is 3.70. The van der Waals surface area contributed by atoms with Crippen LogP contribution in [0.1, 0.15) is 16.7 Å². The summed E-state index contributed by atoms with van der Waals surface area (Å²) in [5.41, 5.74) is 1.82. The van der Waals surface area contributed by atoms with Crippen LogP contribution < -0.4 is 5.56 Å². The summed E-state index contributed by atoms with van der Waals surface area (Å²) in [7, 11) is 0. The molecular formula is C18H10ClN3O. The van der Waals surface area contributed by atoms with Gasteiger partial charge >= 0.3 is 0 Å². The second-order valence-electron chi connectivity index (χ2n) is 5.07. The SMILES string of the molecule is Cc1ccc(-n2c(=O)c(C#N)c(Cl)c3ccccc32)cc1C#N. The number of rotatable bonds is 1. The van der Waals surface area contributed by atoms with Gasteiger partial charge in [-0.2, -0.15) is 10.5 Å². The molecule has 0 aliphatic heterocycles. The molecular weight excluding hydrogens is 310 g/mol. The van der Waals surface area contributed by atoms with Gasteiger partial charge in [-0.25, -0.2) is 0 Å². The van der Waals surface area contributed by atoms with Crippen LogP contribution in [0.2, 0.25) is 5.02 Å². The van der Waals surface area contributed by atoms with Crippen molar-refractivity contribution in [1.82, 2.24) is 4.57 Å². The number of para-hydroxylation sites is 1. The van der Waals surface area contributed by atoms with E-state index in [9.17, 15) is 15.3 Å². The van der Waals surface area contributed by atoms with Gasteiger partial charge in [-0.15, -0.1) is 0 Å². The van der Waals surface area contributed by atoms with Crippen LogP contribution in [0.3, 0.4) is 0 Å². The van der Waals surface area contributed by atoms with Crippen molar-refractivity contribution in [3.63, 3.8) is 0 Å². The third-order valence-electron chi connectivity index (χ3n) is 3.73. The Bertz CT molecular complexity index is 1080. The number of pyridine rings is 1. The Labute approximate surface area is 137 Å². The fourth-order valence-corrected chi connectivity index (χ4v) is 2.81. The molecule has 0 radical (unpaired) electrons. The highest BCUT2D eigenvalue weighted by molar-refractivity contribution is 6.36. The van der Waals surface area contributed by atoms with Crippen molar-refractivity contribution in [1.29, 1.82) is 10.5 Å². The standard InChI is InChI=1S/C18H10ClN3O/c1-11-6-7-13(8-12(11)9-20)22-16-5-3-2-4-14(16)17(19)15(10-21)18(22)23/h2-8H,1H3. The minimum atomic E-state index is -0.496. The number of aromatic nitrogens is 1. The average molecular weight is 320 g/mol. The van der Waals surface area contributed by atoms with Gasteiger partial charge < -0.3 is 0 Å². The maximum Gasteiger partial charge on any atom is 0.275 e. The van der Waals surface area contributed by atoms with Gasteiger partial charge in [0.2, 0.25) is 0 Å². The van der Waals surface area contributed by atoms with Gasteiger partial charge in [0.25, 0.3) is 5.56 Å². The van der Waals surface area contributed by atoms with Gasteiger partial charge in [-0.3, -0.25) is 9.36 Å². The number of aryl methyl sites for hydroxylation is 1. The number of benzene rings is 2. The van der Waals surface area contributed by atoms with E-state index in [2.05, 4.69) is 6.07 Å². The topological polar surface area (TPSA) is 69.6 Å². The molecule has 0 saturated carbocycles. The Morgan fingerprint density at radius 2 is 1.83 bits per heavy atom. The van der Waals surface area contributed by atoms with E-state index in [1.54, 1.807) is 42.5 Å². The maximum absolute atomic E-state index is 12.7. The highest BCUT2D eigenvalue weighted by Gasteiger charge is 2.16. The molecule has 0 bridgehead atoms. The van der Waals surface area contributed by atoms with Crippen LogP contribution in [0, 0.1) is 29.6 Å². The van der Waals surface area contributed by atoms with Crippen molar-refractivity contribution in [2.75, 3.05) is 0 Å². The molecule has 0 atom stereocenters. The molecule has 0 unspecified atom stereocenters. The lowest BCUT2D eigenvalue weighted by Crippen LogP contribution is -2.22. The maximum atomic E-state index is 12.7. The summed E-state index contributed by atoms with van der Waals surface area (Å²) in [6.07, 6.45) is 0. The Kier molecular flexibility index (Phi) is 3.62.